The minimum Gasteiger partial charge on any atom is -0.364 e. The molecular weight excluding hydrogens is 295 g/mol. The van der Waals surface area contributed by atoms with Crippen molar-refractivity contribution in [1.29, 1.82) is 0 Å². The molecule has 0 aromatic carbocycles. The Bertz CT molecular complexity index is 690. The Labute approximate surface area is 121 Å². The lowest BCUT2D eigenvalue weighted by molar-refractivity contribution is 0.0996. The Balaban J connectivity index is 2.41. The van der Waals surface area contributed by atoms with Crippen LogP contribution in [-0.4, -0.2) is 33.5 Å². The van der Waals surface area contributed by atoms with Gasteiger partial charge in [-0.15, -0.1) is 0 Å². The van der Waals surface area contributed by atoms with E-state index >= 15 is 0 Å². The first-order valence-electron chi connectivity index (χ1n) is 6.50. The van der Waals surface area contributed by atoms with Gasteiger partial charge in [-0.05, 0) is 19.9 Å². The van der Waals surface area contributed by atoms with E-state index in [0.717, 1.165) is 0 Å². The number of hydrogen-bond acceptors (Lipinski definition) is 6. The molecule has 0 spiro atoms. The maximum absolute atomic E-state index is 12.6. The molecule has 8 nitrogen and oxygen atoms in total. The molecule has 21 heavy (non-hydrogen) atoms. The molecule has 0 saturated carbocycles. The van der Waals surface area contributed by atoms with Gasteiger partial charge in [-0.3, -0.25) is 13.8 Å². The lowest BCUT2D eigenvalue weighted by Gasteiger charge is -2.17. The summed E-state index contributed by atoms with van der Waals surface area (Å²) in [6, 6.07) is 1.67. The Morgan fingerprint density at radius 3 is 2.62 bits per heavy atom. The van der Waals surface area contributed by atoms with E-state index in [9.17, 15) is 9.36 Å². The Hall–Kier alpha value is -1.76. The van der Waals surface area contributed by atoms with Gasteiger partial charge < -0.3 is 14.8 Å². The molecule has 0 radical (unpaired) electrons. The van der Waals surface area contributed by atoms with Gasteiger partial charge in [-0.1, -0.05) is 0 Å². The first-order chi connectivity index (χ1) is 9.99. The quantitative estimate of drug-likeness (QED) is 0.778. The number of hydrogen-bond donors (Lipinski definition) is 1. The maximum Gasteiger partial charge on any atom is 0.336 e. The summed E-state index contributed by atoms with van der Waals surface area (Å²) >= 11 is 0. The van der Waals surface area contributed by atoms with Crippen molar-refractivity contribution in [3.05, 3.63) is 29.8 Å². The smallest absolute Gasteiger partial charge is 0.336 e. The minimum atomic E-state index is -3.25. The summed E-state index contributed by atoms with van der Waals surface area (Å²) in [5.41, 5.74) is 5.91. The average molecular weight is 312 g/mol. The van der Waals surface area contributed by atoms with E-state index in [1.54, 1.807) is 24.3 Å². The number of rotatable bonds is 7. The fraction of sp³-hybridized carbons (Fsp3) is 0.417. The third kappa shape index (κ3) is 3.47. The van der Waals surface area contributed by atoms with Crippen LogP contribution in [0.25, 0.3) is 5.78 Å². The highest BCUT2D eigenvalue weighted by molar-refractivity contribution is 7.53. The standard InChI is InChI=1S/C12H17N4O4P/c1-3-19-21(18,20-4-2)8-9-5-6-14-12-15-10(11(13)17)7-16(9)12/h5-7H,3-4,8H2,1-2H3,(H2,13,17). The van der Waals surface area contributed by atoms with Gasteiger partial charge in [0.1, 0.15) is 5.69 Å². The Kier molecular flexibility index (Phi) is 4.72. The van der Waals surface area contributed by atoms with Gasteiger partial charge in [0.15, 0.2) is 0 Å². The lowest BCUT2D eigenvalue weighted by Crippen LogP contribution is -2.11. The number of aromatic nitrogens is 3. The zero-order valence-electron chi connectivity index (χ0n) is 11.9. The highest BCUT2D eigenvalue weighted by Crippen LogP contribution is 2.51. The molecular formula is C12H17N4O4P. The molecule has 0 unspecified atom stereocenters. The predicted molar refractivity (Wildman–Crippen MR) is 76.1 cm³/mol. The molecule has 0 aliphatic carbocycles. The van der Waals surface area contributed by atoms with Crippen molar-refractivity contribution in [2.75, 3.05) is 13.2 Å². The Morgan fingerprint density at radius 1 is 1.38 bits per heavy atom. The van der Waals surface area contributed by atoms with Crippen LogP contribution in [0.3, 0.4) is 0 Å². The van der Waals surface area contributed by atoms with E-state index in [-0.39, 0.29) is 25.1 Å². The van der Waals surface area contributed by atoms with E-state index in [1.165, 1.54) is 12.4 Å². The molecule has 0 aliphatic rings. The van der Waals surface area contributed by atoms with Gasteiger partial charge in [0, 0.05) is 18.1 Å². The van der Waals surface area contributed by atoms with Gasteiger partial charge >= 0.3 is 7.60 Å². The minimum absolute atomic E-state index is 0.0578. The number of carbonyl (C=O) groups excluding carboxylic acids is 1. The zero-order chi connectivity index (χ0) is 15.5. The van der Waals surface area contributed by atoms with Crippen LogP contribution in [-0.2, 0) is 19.8 Å². The predicted octanol–water partition coefficient (Wildman–Crippen LogP) is 1.59. The molecule has 9 heteroatoms. The third-order valence-electron chi connectivity index (χ3n) is 2.71. The summed E-state index contributed by atoms with van der Waals surface area (Å²) in [6.45, 7) is 4.05. The van der Waals surface area contributed by atoms with Crippen molar-refractivity contribution in [1.82, 2.24) is 14.4 Å². The fourth-order valence-corrected chi connectivity index (χ4v) is 3.61. The first kappa shape index (κ1) is 15.6. The lowest BCUT2D eigenvalue weighted by atomic mass is 10.4. The second kappa shape index (κ2) is 6.34. The van der Waals surface area contributed by atoms with Gasteiger partial charge in [0.25, 0.3) is 5.91 Å². The first-order valence-corrected chi connectivity index (χ1v) is 8.22. The van der Waals surface area contributed by atoms with Crippen LogP contribution in [0.15, 0.2) is 18.5 Å². The van der Waals surface area contributed by atoms with E-state index in [1.807, 2.05) is 0 Å². The van der Waals surface area contributed by atoms with Gasteiger partial charge in [0.2, 0.25) is 5.78 Å². The number of nitrogens with zero attached hydrogens (tertiary/aromatic N) is 3. The van der Waals surface area contributed by atoms with Crippen LogP contribution in [0.1, 0.15) is 30.0 Å². The summed E-state index contributed by atoms with van der Waals surface area (Å²) < 4.78 is 24.7. The molecule has 1 amide bonds. The summed E-state index contributed by atoms with van der Waals surface area (Å²) in [5, 5.41) is 0. The summed E-state index contributed by atoms with van der Waals surface area (Å²) in [6.07, 6.45) is 3.04. The number of amides is 1. The number of imidazole rings is 1. The largest absolute Gasteiger partial charge is 0.364 e. The van der Waals surface area contributed by atoms with Crippen molar-refractivity contribution in [3.63, 3.8) is 0 Å². The number of carbonyl (C=O) groups is 1. The van der Waals surface area contributed by atoms with Crippen molar-refractivity contribution in [2.45, 2.75) is 20.0 Å². The van der Waals surface area contributed by atoms with Crippen LogP contribution < -0.4 is 5.73 Å². The average Bonchev–Trinajstić information content (AvgIpc) is 2.84. The molecule has 0 bridgehead atoms. The molecule has 114 valence electrons. The van der Waals surface area contributed by atoms with Crippen LogP contribution in [0.4, 0.5) is 0 Å². The normalized spacial score (nSPS) is 11.9. The molecule has 0 aliphatic heterocycles. The fourth-order valence-electron chi connectivity index (χ4n) is 1.91. The van der Waals surface area contributed by atoms with Gasteiger partial charge in [-0.25, -0.2) is 9.97 Å². The van der Waals surface area contributed by atoms with Gasteiger partial charge in [-0.2, -0.15) is 0 Å². The van der Waals surface area contributed by atoms with E-state index in [0.29, 0.717) is 11.5 Å². The maximum atomic E-state index is 12.6. The Morgan fingerprint density at radius 2 is 2.05 bits per heavy atom. The second-order valence-corrected chi connectivity index (χ2v) is 6.26. The molecule has 2 aromatic heterocycles. The molecule has 0 atom stereocenters. The molecule has 2 heterocycles. The van der Waals surface area contributed by atoms with Crippen LogP contribution >= 0.6 is 7.60 Å². The monoisotopic (exact) mass is 312 g/mol. The highest BCUT2D eigenvalue weighted by Gasteiger charge is 2.26. The van der Waals surface area contributed by atoms with E-state index in [4.69, 9.17) is 14.8 Å². The summed E-state index contributed by atoms with van der Waals surface area (Å²) in [5.74, 6) is -0.343. The van der Waals surface area contributed by atoms with Crippen molar-refractivity contribution >= 4 is 19.3 Å². The zero-order valence-corrected chi connectivity index (χ0v) is 12.7. The van der Waals surface area contributed by atoms with Crippen LogP contribution in [0.5, 0.6) is 0 Å². The molecule has 2 N–H and O–H groups in total. The summed E-state index contributed by atoms with van der Waals surface area (Å²) in [4.78, 5) is 19.2. The van der Waals surface area contributed by atoms with Crippen LogP contribution in [0.2, 0.25) is 0 Å². The topological polar surface area (TPSA) is 109 Å². The van der Waals surface area contributed by atoms with Crippen molar-refractivity contribution in [3.8, 4) is 0 Å². The number of fused-ring (bicyclic) bond motifs is 1. The molecule has 2 rings (SSSR count). The number of primary amides is 1. The summed E-state index contributed by atoms with van der Waals surface area (Å²) in [7, 11) is -3.25. The van der Waals surface area contributed by atoms with E-state index in [2.05, 4.69) is 9.97 Å². The highest BCUT2D eigenvalue weighted by atomic mass is 31.2. The van der Waals surface area contributed by atoms with Crippen molar-refractivity contribution in [2.24, 2.45) is 5.73 Å². The third-order valence-corrected chi connectivity index (χ3v) is 4.73. The van der Waals surface area contributed by atoms with Crippen LogP contribution in [0, 0.1) is 0 Å². The van der Waals surface area contributed by atoms with Crippen molar-refractivity contribution < 1.29 is 18.4 Å². The molecule has 2 aromatic rings. The van der Waals surface area contributed by atoms with E-state index < -0.39 is 13.5 Å². The SMILES string of the molecule is CCOP(=O)(Cc1ccnc2nc(C(N)=O)cn12)OCC. The molecule has 0 fully saturated rings. The molecule has 0 saturated heterocycles. The second-order valence-electron chi connectivity index (χ2n) is 4.20. The number of nitrogens with two attached hydrogens (primary N) is 1. The van der Waals surface area contributed by atoms with Gasteiger partial charge in [0.05, 0.1) is 19.4 Å².